The Labute approximate surface area is 149 Å². The van der Waals surface area contributed by atoms with E-state index in [9.17, 15) is 4.79 Å². The van der Waals surface area contributed by atoms with E-state index in [1.807, 2.05) is 0 Å². The number of rotatable bonds is 4. The predicted octanol–water partition coefficient (Wildman–Crippen LogP) is 3.80. The van der Waals surface area contributed by atoms with Crippen molar-refractivity contribution in [1.29, 1.82) is 0 Å². The van der Waals surface area contributed by atoms with Gasteiger partial charge in [-0.05, 0) is 43.3 Å². The van der Waals surface area contributed by atoms with Crippen molar-refractivity contribution in [2.75, 3.05) is 6.61 Å². The summed E-state index contributed by atoms with van der Waals surface area (Å²) >= 11 is 14.5. The van der Waals surface area contributed by atoms with E-state index in [-0.39, 0.29) is 12.5 Å². The number of benzene rings is 1. The molecule has 0 bridgehead atoms. The van der Waals surface area contributed by atoms with Crippen molar-refractivity contribution < 1.29 is 9.53 Å². The third-order valence-electron chi connectivity index (χ3n) is 3.45. The SMILES string of the molecule is O=C(COc1ccc(Br)cc1Cl)NC(=S)NC1CCCCC1. The molecule has 1 saturated carbocycles. The van der Waals surface area contributed by atoms with Crippen LogP contribution in [0.5, 0.6) is 5.75 Å². The summed E-state index contributed by atoms with van der Waals surface area (Å²) in [6, 6.07) is 5.58. The number of ether oxygens (including phenoxy) is 1. The molecule has 1 amide bonds. The van der Waals surface area contributed by atoms with Crippen molar-refractivity contribution >= 4 is 50.8 Å². The number of hydrogen-bond donors (Lipinski definition) is 2. The van der Waals surface area contributed by atoms with E-state index in [1.165, 1.54) is 19.3 Å². The van der Waals surface area contributed by atoms with Crippen LogP contribution < -0.4 is 15.4 Å². The van der Waals surface area contributed by atoms with Gasteiger partial charge in [0, 0.05) is 10.5 Å². The molecular formula is C15H18BrClN2O2S. The lowest BCUT2D eigenvalue weighted by molar-refractivity contribution is -0.121. The Balaban J connectivity index is 1.73. The van der Waals surface area contributed by atoms with Crippen molar-refractivity contribution in [3.05, 3.63) is 27.7 Å². The zero-order valence-electron chi connectivity index (χ0n) is 12.0. The number of carbonyl (C=O) groups is 1. The zero-order chi connectivity index (χ0) is 15.9. The first-order valence-electron chi connectivity index (χ1n) is 7.23. The van der Waals surface area contributed by atoms with Gasteiger partial charge in [-0.2, -0.15) is 0 Å². The van der Waals surface area contributed by atoms with E-state index in [2.05, 4.69) is 26.6 Å². The van der Waals surface area contributed by atoms with Crippen LogP contribution in [0.15, 0.2) is 22.7 Å². The van der Waals surface area contributed by atoms with Gasteiger partial charge in [-0.15, -0.1) is 0 Å². The first-order chi connectivity index (χ1) is 10.5. The molecule has 0 aromatic heterocycles. The Morgan fingerprint density at radius 1 is 1.36 bits per heavy atom. The third-order valence-corrected chi connectivity index (χ3v) is 4.45. The minimum Gasteiger partial charge on any atom is -0.482 e. The molecule has 0 heterocycles. The Bertz CT molecular complexity index is 550. The second-order valence-electron chi connectivity index (χ2n) is 5.22. The molecule has 0 aliphatic heterocycles. The molecule has 120 valence electrons. The Kier molecular flexibility index (Phi) is 6.92. The second-order valence-corrected chi connectivity index (χ2v) is 6.95. The van der Waals surface area contributed by atoms with Gasteiger partial charge in [0.05, 0.1) is 5.02 Å². The minimum absolute atomic E-state index is 0.131. The van der Waals surface area contributed by atoms with Crippen LogP contribution in [-0.2, 0) is 4.79 Å². The molecule has 7 heteroatoms. The quantitative estimate of drug-likeness (QED) is 0.748. The van der Waals surface area contributed by atoms with Crippen LogP contribution in [0.25, 0.3) is 0 Å². The zero-order valence-corrected chi connectivity index (χ0v) is 15.2. The van der Waals surface area contributed by atoms with Crippen molar-refractivity contribution in [2.45, 2.75) is 38.1 Å². The molecule has 0 unspecified atom stereocenters. The Morgan fingerprint density at radius 3 is 2.77 bits per heavy atom. The Hall–Kier alpha value is -0.850. The molecule has 1 aliphatic rings. The van der Waals surface area contributed by atoms with Crippen molar-refractivity contribution in [3.8, 4) is 5.75 Å². The van der Waals surface area contributed by atoms with Crippen molar-refractivity contribution in [3.63, 3.8) is 0 Å². The summed E-state index contributed by atoms with van der Waals surface area (Å²) in [5.74, 6) is 0.165. The highest BCUT2D eigenvalue weighted by Gasteiger charge is 2.15. The molecule has 1 fully saturated rings. The summed E-state index contributed by atoms with van der Waals surface area (Å²) < 4.78 is 6.25. The average molecular weight is 406 g/mol. The van der Waals surface area contributed by atoms with Gasteiger partial charge in [0.1, 0.15) is 5.75 Å². The van der Waals surface area contributed by atoms with Gasteiger partial charge >= 0.3 is 0 Å². The number of thiocarbonyl (C=S) groups is 1. The molecule has 0 radical (unpaired) electrons. The summed E-state index contributed by atoms with van der Waals surface area (Å²) in [4.78, 5) is 11.8. The summed E-state index contributed by atoms with van der Waals surface area (Å²) in [7, 11) is 0. The normalized spacial score (nSPS) is 15.2. The topological polar surface area (TPSA) is 50.4 Å². The second kappa shape index (κ2) is 8.70. The van der Waals surface area contributed by atoms with Gasteiger partial charge in [0.2, 0.25) is 0 Å². The van der Waals surface area contributed by atoms with Gasteiger partial charge in [-0.3, -0.25) is 4.79 Å². The number of nitrogens with one attached hydrogen (secondary N) is 2. The van der Waals surface area contributed by atoms with Gasteiger partial charge in [0.15, 0.2) is 11.7 Å². The van der Waals surface area contributed by atoms with E-state index in [4.69, 9.17) is 28.6 Å². The molecule has 1 aliphatic carbocycles. The van der Waals surface area contributed by atoms with E-state index in [1.54, 1.807) is 18.2 Å². The average Bonchev–Trinajstić information content (AvgIpc) is 2.47. The number of amides is 1. The van der Waals surface area contributed by atoms with Crippen LogP contribution in [0, 0.1) is 0 Å². The lowest BCUT2D eigenvalue weighted by atomic mass is 9.96. The summed E-state index contributed by atoms with van der Waals surface area (Å²) in [6.07, 6.45) is 5.89. The predicted molar refractivity (Wildman–Crippen MR) is 95.4 cm³/mol. The maximum absolute atomic E-state index is 11.8. The van der Waals surface area contributed by atoms with Gasteiger partial charge in [0.25, 0.3) is 5.91 Å². The molecule has 1 aromatic carbocycles. The summed E-state index contributed by atoms with van der Waals surface area (Å²) in [6.45, 7) is -0.131. The fourth-order valence-corrected chi connectivity index (χ4v) is 3.38. The van der Waals surface area contributed by atoms with E-state index in [0.717, 1.165) is 17.3 Å². The van der Waals surface area contributed by atoms with Crippen LogP contribution in [0.1, 0.15) is 32.1 Å². The summed E-state index contributed by atoms with van der Waals surface area (Å²) in [5, 5.41) is 6.62. The minimum atomic E-state index is -0.299. The highest BCUT2D eigenvalue weighted by Crippen LogP contribution is 2.27. The molecular weight excluding hydrogens is 388 g/mol. The van der Waals surface area contributed by atoms with Crippen molar-refractivity contribution in [2.24, 2.45) is 0 Å². The van der Waals surface area contributed by atoms with Gasteiger partial charge in [-0.1, -0.05) is 46.8 Å². The van der Waals surface area contributed by atoms with Crippen LogP contribution in [0.4, 0.5) is 0 Å². The van der Waals surface area contributed by atoms with Crippen LogP contribution >= 0.6 is 39.7 Å². The largest absolute Gasteiger partial charge is 0.482 e. The maximum Gasteiger partial charge on any atom is 0.264 e. The number of halogens is 2. The maximum atomic E-state index is 11.8. The monoisotopic (exact) mass is 404 g/mol. The van der Waals surface area contributed by atoms with Crippen LogP contribution in [0.3, 0.4) is 0 Å². The third kappa shape index (κ3) is 5.74. The van der Waals surface area contributed by atoms with E-state index >= 15 is 0 Å². The molecule has 22 heavy (non-hydrogen) atoms. The molecule has 0 spiro atoms. The van der Waals surface area contributed by atoms with Gasteiger partial charge < -0.3 is 15.4 Å². The first kappa shape index (κ1) is 17.5. The fraction of sp³-hybridized carbons (Fsp3) is 0.467. The lowest BCUT2D eigenvalue weighted by Crippen LogP contribution is -2.46. The van der Waals surface area contributed by atoms with E-state index < -0.39 is 0 Å². The molecule has 1 aromatic rings. The number of hydrogen-bond acceptors (Lipinski definition) is 3. The standard InChI is InChI=1S/C15H18BrClN2O2S/c16-10-6-7-13(12(17)8-10)21-9-14(20)19-15(22)18-11-4-2-1-3-5-11/h6-8,11H,1-5,9H2,(H2,18,19,20,22). The van der Waals surface area contributed by atoms with Crippen molar-refractivity contribution in [1.82, 2.24) is 10.6 Å². The van der Waals surface area contributed by atoms with Crippen LogP contribution in [-0.4, -0.2) is 23.7 Å². The molecule has 2 N–H and O–H groups in total. The van der Waals surface area contributed by atoms with E-state index in [0.29, 0.717) is 21.9 Å². The molecule has 0 atom stereocenters. The Morgan fingerprint density at radius 2 is 2.09 bits per heavy atom. The summed E-state index contributed by atoms with van der Waals surface area (Å²) in [5.41, 5.74) is 0. The van der Waals surface area contributed by atoms with Crippen LogP contribution in [0.2, 0.25) is 5.02 Å². The first-order valence-corrected chi connectivity index (χ1v) is 8.80. The fourth-order valence-electron chi connectivity index (χ4n) is 2.37. The smallest absolute Gasteiger partial charge is 0.264 e. The highest BCUT2D eigenvalue weighted by molar-refractivity contribution is 9.10. The molecule has 4 nitrogen and oxygen atoms in total. The van der Waals surface area contributed by atoms with Gasteiger partial charge in [-0.25, -0.2) is 0 Å². The number of carbonyl (C=O) groups excluding carboxylic acids is 1. The highest BCUT2D eigenvalue weighted by atomic mass is 79.9. The molecule has 2 rings (SSSR count). The molecule has 0 saturated heterocycles. The lowest BCUT2D eigenvalue weighted by Gasteiger charge is -2.24.